The smallest absolute Gasteiger partial charge is 0.405 e. The van der Waals surface area contributed by atoms with Gasteiger partial charge in [0.1, 0.15) is 0 Å². The molecule has 1 amide bonds. The van der Waals surface area contributed by atoms with Crippen LogP contribution in [0.3, 0.4) is 0 Å². The maximum absolute atomic E-state index is 10.6. The number of carbonyl (C=O) groups excluding carboxylic acids is 1. The topological polar surface area (TPSA) is 109 Å². The molecule has 0 aromatic carbocycles. The zero-order valence-corrected chi connectivity index (χ0v) is 9.26. The molecule has 4 N–H and O–H groups in total. The minimum Gasteiger partial charge on any atom is -0.405 e. The van der Waals surface area contributed by atoms with Gasteiger partial charge in [-0.3, -0.25) is 0 Å². The first-order valence-electron chi connectivity index (χ1n) is 4.51. The molecule has 2 heterocycles. The lowest BCUT2D eigenvalue weighted by atomic mass is 10.4. The van der Waals surface area contributed by atoms with Crippen molar-refractivity contribution in [2.75, 3.05) is 5.73 Å². The van der Waals surface area contributed by atoms with Gasteiger partial charge < -0.3 is 16.2 Å². The molecular weight excluding hydrogens is 246 g/mol. The number of rotatable bonds is 2. The third kappa shape index (κ3) is 2.13. The van der Waals surface area contributed by atoms with E-state index in [2.05, 4.69) is 14.8 Å². The molecule has 17 heavy (non-hydrogen) atoms. The second kappa shape index (κ2) is 4.30. The number of aromatic nitrogens is 3. The molecule has 7 nitrogen and oxygen atoms in total. The summed E-state index contributed by atoms with van der Waals surface area (Å²) in [6.45, 7) is 0. The van der Waals surface area contributed by atoms with Crippen LogP contribution in [0.25, 0.3) is 5.82 Å². The van der Waals surface area contributed by atoms with Gasteiger partial charge in [0.25, 0.3) is 0 Å². The summed E-state index contributed by atoms with van der Waals surface area (Å²) in [5, 5.41) is 4.28. The van der Waals surface area contributed by atoms with Crippen LogP contribution in [0, 0.1) is 0 Å². The van der Waals surface area contributed by atoms with Gasteiger partial charge in [-0.2, -0.15) is 9.78 Å². The summed E-state index contributed by atoms with van der Waals surface area (Å²) in [4.78, 5) is 14.6. The van der Waals surface area contributed by atoms with Crippen LogP contribution in [0.5, 0.6) is 5.75 Å². The summed E-state index contributed by atoms with van der Waals surface area (Å²) in [6.07, 6.45) is 1.82. The van der Waals surface area contributed by atoms with Crippen molar-refractivity contribution in [3.05, 3.63) is 29.5 Å². The van der Waals surface area contributed by atoms with Crippen LogP contribution >= 0.6 is 11.6 Å². The third-order valence-electron chi connectivity index (χ3n) is 1.92. The summed E-state index contributed by atoms with van der Waals surface area (Å²) in [5.41, 5.74) is 10.6. The molecule has 0 aliphatic carbocycles. The number of nitrogens with zero attached hydrogens (tertiary/aromatic N) is 3. The van der Waals surface area contributed by atoms with E-state index in [1.54, 1.807) is 12.1 Å². The first-order chi connectivity index (χ1) is 8.09. The molecule has 0 saturated carbocycles. The largest absolute Gasteiger partial charge is 0.410 e. The minimum atomic E-state index is -0.969. The highest BCUT2D eigenvalue weighted by Crippen LogP contribution is 2.26. The monoisotopic (exact) mass is 253 g/mol. The summed E-state index contributed by atoms with van der Waals surface area (Å²) >= 11 is 5.93. The van der Waals surface area contributed by atoms with Gasteiger partial charge in [0, 0.05) is 6.20 Å². The number of primary amides is 1. The van der Waals surface area contributed by atoms with Crippen molar-refractivity contribution in [3.8, 4) is 11.6 Å². The molecule has 2 aromatic heterocycles. The minimum absolute atomic E-state index is 0.0548. The number of nitrogen functional groups attached to an aromatic ring is 1. The van der Waals surface area contributed by atoms with Crippen LogP contribution in [0.1, 0.15) is 0 Å². The van der Waals surface area contributed by atoms with E-state index in [0.29, 0.717) is 10.8 Å². The van der Waals surface area contributed by atoms with Crippen LogP contribution in [0.4, 0.5) is 10.6 Å². The SMILES string of the molecule is NC(=O)Oc1cnn(-c2ncccc2Cl)c1N. The fraction of sp³-hybridized carbons (Fsp3) is 0. The number of nitrogens with two attached hydrogens (primary N) is 2. The predicted octanol–water partition coefficient (Wildman–Crippen LogP) is 0.960. The summed E-state index contributed by atoms with van der Waals surface area (Å²) in [7, 11) is 0. The van der Waals surface area contributed by atoms with Crippen molar-refractivity contribution in [1.82, 2.24) is 14.8 Å². The number of halogens is 1. The lowest BCUT2D eigenvalue weighted by Gasteiger charge is -2.05. The molecule has 8 heteroatoms. The first-order valence-corrected chi connectivity index (χ1v) is 4.89. The Morgan fingerprint density at radius 1 is 1.53 bits per heavy atom. The quantitative estimate of drug-likeness (QED) is 0.828. The van der Waals surface area contributed by atoms with E-state index in [-0.39, 0.29) is 11.6 Å². The second-order valence-corrected chi connectivity index (χ2v) is 3.44. The van der Waals surface area contributed by atoms with Crippen LogP contribution in [0.2, 0.25) is 5.02 Å². The molecule has 88 valence electrons. The zero-order valence-electron chi connectivity index (χ0n) is 8.50. The molecule has 0 spiro atoms. The molecule has 2 aromatic rings. The molecule has 0 radical (unpaired) electrons. The van der Waals surface area contributed by atoms with Crippen LogP contribution in [-0.4, -0.2) is 20.9 Å². The van der Waals surface area contributed by atoms with Crippen molar-refractivity contribution in [3.63, 3.8) is 0 Å². The van der Waals surface area contributed by atoms with Crippen LogP contribution in [0.15, 0.2) is 24.5 Å². The van der Waals surface area contributed by atoms with Crippen molar-refractivity contribution in [2.24, 2.45) is 5.73 Å². The van der Waals surface area contributed by atoms with Gasteiger partial charge in [-0.1, -0.05) is 11.6 Å². The van der Waals surface area contributed by atoms with Gasteiger partial charge in [0.05, 0.1) is 11.2 Å². The molecule has 0 aliphatic heterocycles. The molecule has 0 fully saturated rings. The zero-order chi connectivity index (χ0) is 12.4. The van der Waals surface area contributed by atoms with E-state index in [4.69, 9.17) is 23.1 Å². The van der Waals surface area contributed by atoms with Gasteiger partial charge in [0.15, 0.2) is 17.4 Å². The predicted molar refractivity (Wildman–Crippen MR) is 61.0 cm³/mol. The van der Waals surface area contributed by atoms with Gasteiger partial charge in [-0.05, 0) is 12.1 Å². The maximum atomic E-state index is 10.6. The van der Waals surface area contributed by atoms with Gasteiger partial charge in [-0.25, -0.2) is 9.78 Å². The molecule has 2 rings (SSSR count). The molecule has 0 saturated heterocycles. The van der Waals surface area contributed by atoms with Gasteiger partial charge in [-0.15, -0.1) is 0 Å². The number of carbonyl (C=O) groups is 1. The summed E-state index contributed by atoms with van der Waals surface area (Å²) in [5.74, 6) is 0.481. The Bertz CT molecular complexity index is 568. The fourth-order valence-corrected chi connectivity index (χ4v) is 1.43. The van der Waals surface area contributed by atoms with E-state index in [0.717, 1.165) is 0 Å². The lowest BCUT2D eigenvalue weighted by molar-refractivity contribution is 0.211. The van der Waals surface area contributed by atoms with Gasteiger partial charge >= 0.3 is 6.09 Å². The van der Waals surface area contributed by atoms with E-state index >= 15 is 0 Å². The average molecular weight is 254 g/mol. The molecule has 0 aliphatic rings. The van der Waals surface area contributed by atoms with E-state index in [1.165, 1.54) is 17.1 Å². The normalized spacial score (nSPS) is 10.2. The lowest BCUT2D eigenvalue weighted by Crippen LogP contribution is -2.17. The molecular formula is C9H8ClN5O2. The highest BCUT2D eigenvalue weighted by molar-refractivity contribution is 6.32. The average Bonchev–Trinajstić information content (AvgIpc) is 2.61. The Morgan fingerprint density at radius 3 is 2.94 bits per heavy atom. The Hall–Kier alpha value is -2.28. The number of anilines is 1. The van der Waals surface area contributed by atoms with E-state index < -0.39 is 6.09 Å². The number of hydrogen-bond acceptors (Lipinski definition) is 5. The van der Waals surface area contributed by atoms with Gasteiger partial charge in [0.2, 0.25) is 0 Å². The van der Waals surface area contributed by atoms with E-state index in [9.17, 15) is 4.79 Å². The standard InChI is InChI=1S/C9H8ClN5O2/c10-5-2-1-3-13-8(5)15-7(11)6(4-14-15)17-9(12)16/h1-4H,11H2,(H2,12,16). The van der Waals surface area contributed by atoms with Crippen molar-refractivity contribution in [2.45, 2.75) is 0 Å². The highest BCUT2D eigenvalue weighted by Gasteiger charge is 2.14. The second-order valence-electron chi connectivity index (χ2n) is 3.04. The Kier molecular flexibility index (Phi) is 2.84. The number of hydrogen-bond donors (Lipinski definition) is 2. The molecule has 0 atom stereocenters. The number of ether oxygens (including phenoxy) is 1. The Labute approximate surface area is 101 Å². The number of pyridine rings is 1. The van der Waals surface area contributed by atoms with E-state index in [1.807, 2.05) is 0 Å². The van der Waals surface area contributed by atoms with Crippen LogP contribution in [-0.2, 0) is 0 Å². The maximum Gasteiger partial charge on any atom is 0.410 e. The third-order valence-corrected chi connectivity index (χ3v) is 2.22. The van der Waals surface area contributed by atoms with Crippen molar-refractivity contribution in [1.29, 1.82) is 0 Å². The Balaban J connectivity index is 2.44. The Morgan fingerprint density at radius 2 is 2.29 bits per heavy atom. The van der Waals surface area contributed by atoms with Crippen LogP contribution < -0.4 is 16.2 Å². The summed E-state index contributed by atoms with van der Waals surface area (Å²) < 4.78 is 5.90. The highest BCUT2D eigenvalue weighted by atomic mass is 35.5. The van der Waals surface area contributed by atoms with Crippen molar-refractivity contribution < 1.29 is 9.53 Å². The number of amides is 1. The van der Waals surface area contributed by atoms with Crippen molar-refractivity contribution >= 4 is 23.5 Å². The molecule has 0 bridgehead atoms. The molecule has 0 unspecified atom stereocenters. The summed E-state index contributed by atoms with van der Waals surface area (Å²) in [6, 6.07) is 3.31. The first kappa shape index (κ1) is 11.2. The fourth-order valence-electron chi connectivity index (χ4n) is 1.23.